The van der Waals surface area contributed by atoms with E-state index in [0.29, 0.717) is 6.42 Å². The van der Waals surface area contributed by atoms with Crippen LogP contribution in [-0.2, 0) is 38.4 Å². The number of methoxy groups -OCH3 is 1. The van der Waals surface area contributed by atoms with Crippen LogP contribution in [0.25, 0.3) is 0 Å². The zero-order valence-corrected chi connectivity index (χ0v) is 19.3. The van der Waals surface area contributed by atoms with Gasteiger partial charge in [-0.1, -0.05) is 30.3 Å². The van der Waals surface area contributed by atoms with Crippen molar-refractivity contribution < 1.29 is 28.9 Å². The Bertz CT molecular complexity index is 866. The molecule has 0 aliphatic heterocycles. The molecule has 0 saturated heterocycles. The third-order valence-electron chi connectivity index (χ3n) is 5.13. The van der Waals surface area contributed by atoms with E-state index >= 15 is 0 Å². The lowest BCUT2D eigenvalue weighted by molar-refractivity contribution is -0.161. The van der Waals surface area contributed by atoms with Crippen LogP contribution in [0, 0.1) is 5.92 Å². The Hall–Kier alpha value is -3.06. The van der Waals surface area contributed by atoms with E-state index in [4.69, 9.17) is 14.2 Å². The average Bonchev–Trinajstić information content (AvgIpc) is 2.77. The van der Waals surface area contributed by atoms with Crippen molar-refractivity contribution in [1.82, 2.24) is 4.90 Å². The average molecular weight is 444 g/mol. The Morgan fingerprint density at radius 3 is 2.19 bits per heavy atom. The molecule has 0 saturated carbocycles. The number of likely N-dealkylation sites (N-methyl/N-ethyl adjacent to an activating group) is 1. The van der Waals surface area contributed by atoms with Crippen molar-refractivity contribution in [2.24, 2.45) is 5.92 Å². The molecule has 174 valence electrons. The fraction of sp³-hybridized carbons (Fsp3) is 0.440. The molecule has 2 aromatic carbocycles. The number of nitrogens with zero attached hydrogens (tertiary/aromatic N) is 1. The third kappa shape index (κ3) is 7.27. The highest BCUT2D eigenvalue weighted by molar-refractivity contribution is 5.95. The highest BCUT2D eigenvalue weighted by atomic mass is 16.6. The number of carbonyl (C=O) groups is 2. The Morgan fingerprint density at radius 2 is 1.62 bits per heavy atom. The maximum absolute atomic E-state index is 12.5. The molecule has 2 aromatic rings. The van der Waals surface area contributed by atoms with Gasteiger partial charge in [0.1, 0.15) is 0 Å². The number of carbonyl (C=O) groups excluding carboxylic acids is 2. The molecule has 0 aliphatic rings. The first kappa shape index (κ1) is 25.2. The molecule has 0 atom stereocenters. The van der Waals surface area contributed by atoms with E-state index in [1.165, 1.54) is 12.7 Å². The SMILES string of the molecule is CCOC(=O)C(Cc1cc(OC)c(O)cc1CCN(C)Cc1ccccc1)C(=O)OCC. The normalized spacial score (nSPS) is 10.9. The lowest BCUT2D eigenvalue weighted by Crippen LogP contribution is -2.30. The summed E-state index contributed by atoms with van der Waals surface area (Å²) >= 11 is 0. The summed E-state index contributed by atoms with van der Waals surface area (Å²) in [7, 11) is 3.48. The van der Waals surface area contributed by atoms with Gasteiger partial charge in [-0.3, -0.25) is 9.59 Å². The van der Waals surface area contributed by atoms with E-state index in [1.54, 1.807) is 26.0 Å². The number of hydrogen-bond acceptors (Lipinski definition) is 7. The van der Waals surface area contributed by atoms with Gasteiger partial charge in [-0.25, -0.2) is 0 Å². The second-order valence-corrected chi connectivity index (χ2v) is 7.53. The van der Waals surface area contributed by atoms with Gasteiger partial charge in [0.15, 0.2) is 17.4 Å². The zero-order valence-electron chi connectivity index (χ0n) is 19.3. The van der Waals surface area contributed by atoms with Crippen LogP contribution in [-0.4, -0.2) is 55.9 Å². The van der Waals surface area contributed by atoms with Crippen LogP contribution in [0.1, 0.15) is 30.5 Å². The minimum Gasteiger partial charge on any atom is -0.504 e. The topological polar surface area (TPSA) is 85.3 Å². The predicted molar refractivity (Wildman–Crippen MR) is 122 cm³/mol. The Morgan fingerprint density at radius 1 is 1.00 bits per heavy atom. The molecule has 7 nitrogen and oxygen atoms in total. The first-order chi connectivity index (χ1) is 15.4. The maximum Gasteiger partial charge on any atom is 0.320 e. The minimum atomic E-state index is -1.08. The standard InChI is InChI=1S/C25H33NO6/c1-5-31-24(28)21(25(29)32-6-2)14-20-16-23(30-4)22(27)15-19(20)12-13-26(3)17-18-10-8-7-9-11-18/h7-11,15-16,21,27H,5-6,12-14,17H2,1-4H3. The number of aromatic hydroxyl groups is 1. The zero-order chi connectivity index (χ0) is 23.5. The van der Waals surface area contributed by atoms with Gasteiger partial charge in [-0.15, -0.1) is 0 Å². The number of benzene rings is 2. The molecule has 0 aromatic heterocycles. The molecule has 0 fully saturated rings. The molecular weight excluding hydrogens is 410 g/mol. The van der Waals surface area contributed by atoms with Crippen molar-refractivity contribution >= 4 is 11.9 Å². The molecular formula is C25H33NO6. The third-order valence-corrected chi connectivity index (χ3v) is 5.13. The van der Waals surface area contributed by atoms with E-state index in [1.807, 2.05) is 25.2 Å². The fourth-order valence-electron chi connectivity index (χ4n) is 3.49. The fourth-order valence-corrected chi connectivity index (χ4v) is 3.49. The summed E-state index contributed by atoms with van der Waals surface area (Å²) in [5.74, 6) is -2.02. The molecule has 7 heteroatoms. The molecule has 32 heavy (non-hydrogen) atoms. The van der Waals surface area contributed by atoms with Crippen molar-refractivity contribution in [3.8, 4) is 11.5 Å². The maximum atomic E-state index is 12.5. The summed E-state index contributed by atoms with van der Waals surface area (Å²) in [6.45, 7) is 5.23. The van der Waals surface area contributed by atoms with Crippen molar-refractivity contribution in [2.75, 3.05) is 33.9 Å². The number of rotatable bonds is 12. The highest BCUT2D eigenvalue weighted by Crippen LogP contribution is 2.31. The predicted octanol–water partition coefficient (Wildman–Crippen LogP) is 3.36. The molecule has 0 amide bonds. The van der Waals surface area contributed by atoms with Crippen molar-refractivity contribution in [3.05, 3.63) is 59.2 Å². The summed E-state index contributed by atoms with van der Waals surface area (Å²) < 4.78 is 15.4. The smallest absolute Gasteiger partial charge is 0.320 e. The van der Waals surface area contributed by atoms with Crippen LogP contribution < -0.4 is 4.74 Å². The molecule has 0 radical (unpaired) electrons. The van der Waals surface area contributed by atoms with Gasteiger partial charge in [0, 0.05) is 13.1 Å². The van der Waals surface area contributed by atoms with Crippen LogP contribution >= 0.6 is 0 Å². The minimum absolute atomic E-state index is 0.0146. The summed E-state index contributed by atoms with van der Waals surface area (Å²) in [6.07, 6.45) is 0.723. The lowest BCUT2D eigenvalue weighted by Gasteiger charge is -2.20. The number of ether oxygens (including phenoxy) is 3. The van der Waals surface area contributed by atoms with Gasteiger partial charge in [-0.2, -0.15) is 0 Å². The van der Waals surface area contributed by atoms with Crippen LogP contribution in [0.2, 0.25) is 0 Å². The lowest BCUT2D eigenvalue weighted by atomic mass is 9.93. The monoisotopic (exact) mass is 443 g/mol. The quantitative estimate of drug-likeness (QED) is 0.398. The van der Waals surface area contributed by atoms with Crippen molar-refractivity contribution in [1.29, 1.82) is 0 Å². The number of esters is 2. The van der Waals surface area contributed by atoms with E-state index in [9.17, 15) is 14.7 Å². The van der Waals surface area contributed by atoms with Crippen LogP contribution in [0.4, 0.5) is 0 Å². The summed E-state index contributed by atoms with van der Waals surface area (Å²) in [5, 5.41) is 10.3. The Balaban J connectivity index is 2.23. The molecule has 0 spiro atoms. The number of phenols is 1. The first-order valence-corrected chi connectivity index (χ1v) is 10.8. The van der Waals surface area contributed by atoms with Gasteiger partial charge < -0.3 is 24.2 Å². The summed E-state index contributed by atoms with van der Waals surface area (Å²) in [5.41, 5.74) is 2.78. The van der Waals surface area contributed by atoms with Crippen LogP contribution in [0.5, 0.6) is 11.5 Å². The van der Waals surface area contributed by atoms with Crippen LogP contribution in [0.15, 0.2) is 42.5 Å². The Labute approximate surface area is 189 Å². The molecule has 0 unspecified atom stereocenters. The molecule has 1 N–H and O–H groups in total. The van der Waals surface area contributed by atoms with Crippen LogP contribution in [0.3, 0.4) is 0 Å². The largest absolute Gasteiger partial charge is 0.504 e. The van der Waals surface area contributed by atoms with Crippen molar-refractivity contribution in [3.63, 3.8) is 0 Å². The van der Waals surface area contributed by atoms with Gasteiger partial charge in [0.05, 0.1) is 20.3 Å². The van der Waals surface area contributed by atoms with Gasteiger partial charge in [-0.05, 0) is 62.6 Å². The van der Waals surface area contributed by atoms with E-state index in [2.05, 4.69) is 17.0 Å². The van der Waals surface area contributed by atoms with Gasteiger partial charge in [0.25, 0.3) is 0 Å². The molecule has 0 bridgehead atoms. The van der Waals surface area contributed by atoms with E-state index in [-0.39, 0.29) is 31.1 Å². The summed E-state index contributed by atoms with van der Waals surface area (Å²) in [4.78, 5) is 27.1. The first-order valence-electron chi connectivity index (χ1n) is 10.8. The Kier molecular flexibility index (Phi) is 10.0. The molecule has 2 rings (SSSR count). The molecule has 0 heterocycles. The molecule has 0 aliphatic carbocycles. The summed E-state index contributed by atoms with van der Waals surface area (Å²) in [6, 6.07) is 13.5. The van der Waals surface area contributed by atoms with E-state index in [0.717, 1.165) is 24.2 Å². The van der Waals surface area contributed by atoms with Gasteiger partial charge >= 0.3 is 11.9 Å². The number of hydrogen-bond donors (Lipinski definition) is 1. The van der Waals surface area contributed by atoms with E-state index < -0.39 is 17.9 Å². The van der Waals surface area contributed by atoms with Gasteiger partial charge in [0.2, 0.25) is 0 Å². The van der Waals surface area contributed by atoms with Crippen molar-refractivity contribution in [2.45, 2.75) is 33.2 Å². The second-order valence-electron chi connectivity index (χ2n) is 7.53. The second kappa shape index (κ2) is 12.7. The number of phenolic OH excluding ortho intramolecular Hbond substituents is 1. The highest BCUT2D eigenvalue weighted by Gasteiger charge is 2.31.